The lowest BCUT2D eigenvalue weighted by Gasteiger charge is -2.03. The summed E-state index contributed by atoms with van der Waals surface area (Å²) in [6.45, 7) is 1.20. The fourth-order valence-electron chi connectivity index (χ4n) is 2.05. The van der Waals surface area contributed by atoms with E-state index in [9.17, 15) is 4.79 Å². The summed E-state index contributed by atoms with van der Waals surface area (Å²) >= 11 is 1.48. The van der Waals surface area contributed by atoms with Gasteiger partial charge in [-0.25, -0.2) is 0 Å². The van der Waals surface area contributed by atoms with Gasteiger partial charge in [0, 0.05) is 13.7 Å². The summed E-state index contributed by atoms with van der Waals surface area (Å²) in [6, 6.07) is 11.2. The molecule has 1 amide bonds. The number of methoxy groups -OCH3 is 1. The topological polar surface area (TPSA) is 56.7 Å². The molecular formula is C15H14N2O3S. The van der Waals surface area contributed by atoms with Gasteiger partial charge in [-0.05, 0) is 24.3 Å². The predicted molar refractivity (Wildman–Crippen MR) is 80.3 cm³/mol. The third-order valence-electron chi connectivity index (χ3n) is 3.04. The number of nitrogens with zero attached hydrogens (tertiary/aromatic N) is 2. The van der Waals surface area contributed by atoms with Crippen LogP contribution in [0.25, 0.3) is 10.2 Å². The lowest BCUT2D eigenvalue weighted by Crippen LogP contribution is -2.19. The van der Waals surface area contributed by atoms with Crippen molar-refractivity contribution in [3.63, 3.8) is 0 Å². The highest BCUT2D eigenvalue weighted by atomic mass is 32.1. The first-order chi connectivity index (χ1) is 10.3. The monoisotopic (exact) mass is 302 g/mol. The largest absolute Gasteiger partial charge is 0.459 e. The van der Waals surface area contributed by atoms with Crippen LogP contribution in [0.2, 0.25) is 0 Å². The molecular weight excluding hydrogens is 288 g/mol. The number of fused-ring (bicyclic) bond motifs is 1. The van der Waals surface area contributed by atoms with Gasteiger partial charge in [0.1, 0.15) is 0 Å². The molecule has 0 radical (unpaired) electrons. The quantitative estimate of drug-likeness (QED) is 0.744. The van der Waals surface area contributed by atoms with Crippen LogP contribution in [0, 0.1) is 0 Å². The number of hydrogen-bond acceptors (Lipinski definition) is 4. The summed E-state index contributed by atoms with van der Waals surface area (Å²) in [4.78, 5) is 16.9. The van der Waals surface area contributed by atoms with Crippen molar-refractivity contribution in [2.45, 2.75) is 6.54 Å². The standard InChI is InChI=1S/C15H14N2O3S/c1-19-10-8-17-11-5-2-3-7-13(11)21-15(17)16-14(18)12-6-4-9-20-12/h2-7,9H,8,10H2,1H3. The van der Waals surface area contributed by atoms with Crippen molar-refractivity contribution in [3.05, 3.63) is 53.2 Å². The number of benzene rings is 1. The third-order valence-corrected chi connectivity index (χ3v) is 4.10. The number of carbonyl (C=O) groups is 1. The Morgan fingerprint density at radius 1 is 1.33 bits per heavy atom. The second-order valence-electron chi connectivity index (χ2n) is 4.39. The first kappa shape index (κ1) is 13.8. The Balaban J connectivity index is 2.10. The Hall–Kier alpha value is -2.18. The highest BCUT2D eigenvalue weighted by Crippen LogP contribution is 2.16. The summed E-state index contributed by atoms with van der Waals surface area (Å²) in [5.41, 5.74) is 1.05. The zero-order valence-corrected chi connectivity index (χ0v) is 12.3. The highest BCUT2D eigenvalue weighted by molar-refractivity contribution is 7.16. The smallest absolute Gasteiger partial charge is 0.315 e. The van der Waals surface area contributed by atoms with Crippen LogP contribution >= 0.6 is 11.3 Å². The lowest BCUT2D eigenvalue weighted by molar-refractivity contribution is 0.0971. The number of thiazole rings is 1. The number of hydrogen-bond donors (Lipinski definition) is 0. The Morgan fingerprint density at radius 2 is 2.19 bits per heavy atom. The SMILES string of the molecule is COCCn1c(=NC(=O)c2ccco2)sc2ccccc21. The average molecular weight is 302 g/mol. The molecule has 0 saturated heterocycles. The molecule has 0 atom stereocenters. The van der Waals surface area contributed by atoms with Crippen molar-refractivity contribution in [2.75, 3.05) is 13.7 Å². The zero-order valence-electron chi connectivity index (χ0n) is 11.5. The normalized spacial score (nSPS) is 12.1. The molecule has 2 aromatic heterocycles. The molecule has 21 heavy (non-hydrogen) atoms. The van der Waals surface area contributed by atoms with Crippen molar-refractivity contribution in [2.24, 2.45) is 4.99 Å². The van der Waals surface area contributed by atoms with E-state index in [0.29, 0.717) is 18.0 Å². The molecule has 3 aromatic rings. The van der Waals surface area contributed by atoms with Crippen molar-refractivity contribution < 1.29 is 13.9 Å². The molecule has 0 aliphatic rings. The van der Waals surface area contributed by atoms with Crippen LogP contribution in [-0.2, 0) is 11.3 Å². The van der Waals surface area contributed by atoms with Gasteiger partial charge >= 0.3 is 5.91 Å². The van der Waals surface area contributed by atoms with Gasteiger partial charge in [-0.2, -0.15) is 4.99 Å². The van der Waals surface area contributed by atoms with Crippen LogP contribution in [0.1, 0.15) is 10.6 Å². The fraction of sp³-hybridized carbons (Fsp3) is 0.200. The third kappa shape index (κ3) is 2.81. The van der Waals surface area contributed by atoms with E-state index in [1.165, 1.54) is 17.6 Å². The number of aromatic nitrogens is 1. The van der Waals surface area contributed by atoms with E-state index in [0.717, 1.165) is 10.2 Å². The van der Waals surface area contributed by atoms with Crippen molar-refractivity contribution in [1.82, 2.24) is 4.57 Å². The minimum Gasteiger partial charge on any atom is -0.459 e. The van der Waals surface area contributed by atoms with Gasteiger partial charge in [0.15, 0.2) is 10.6 Å². The van der Waals surface area contributed by atoms with Gasteiger partial charge in [-0.1, -0.05) is 23.5 Å². The van der Waals surface area contributed by atoms with Crippen molar-refractivity contribution in [1.29, 1.82) is 0 Å². The molecule has 2 heterocycles. The molecule has 0 N–H and O–H groups in total. The summed E-state index contributed by atoms with van der Waals surface area (Å²) in [5.74, 6) is -0.136. The number of para-hydroxylation sites is 1. The number of ether oxygens (including phenoxy) is 1. The van der Waals surface area contributed by atoms with E-state index in [1.807, 2.05) is 28.8 Å². The van der Waals surface area contributed by atoms with E-state index < -0.39 is 0 Å². The number of rotatable bonds is 4. The van der Waals surface area contributed by atoms with Gasteiger partial charge in [-0.15, -0.1) is 0 Å². The molecule has 5 nitrogen and oxygen atoms in total. The molecule has 0 saturated carbocycles. The van der Waals surface area contributed by atoms with Gasteiger partial charge in [0.2, 0.25) is 0 Å². The Bertz CT molecular complexity index is 815. The Kier molecular flexibility index (Phi) is 3.98. The zero-order chi connectivity index (χ0) is 14.7. The second kappa shape index (κ2) is 6.07. The number of carbonyl (C=O) groups excluding carboxylic acids is 1. The highest BCUT2D eigenvalue weighted by Gasteiger charge is 2.10. The van der Waals surface area contributed by atoms with E-state index in [2.05, 4.69) is 4.99 Å². The molecule has 0 fully saturated rings. The van der Waals surface area contributed by atoms with Gasteiger partial charge in [0.25, 0.3) is 0 Å². The minimum absolute atomic E-state index is 0.241. The molecule has 108 valence electrons. The first-order valence-electron chi connectivity index (χ1n) is 6.49. The average Bonchev–Trinajstić information content (AvgIpc) is 3.13. The molecule has 0 aliphatic heterocycles. The Morgan fingerprint density at radius 3 is 2.95 bits per heavy atom. The fourth-order valence-corrected chi connectivity index (χ4v) is 3.10. The summed E-state index contributed by atoms with van der Waals surface area (Å²) in [7, 11) is 1.65. The molecule has 0 aliphatic carbocycles. The van der Waals surface area contributed by atoms with Gasteiger partial charge in [-0.3, -0.25) is 4.79 Å². The summed E-state index contributed by atoms with van der Waals surface area (Å²) in [6.07, 6.45) is 1.46. The minimum atomic E-state index is -0.377. The summed E-state index contributed by atoms with van der Waals surface area (Å²) < 4.78 is 13.3. The molecule has 0 unspecified atom stereocenters. The maximum atomic E-state index is 12.1. The maximum absolute atomic E-state index is 12.1. The van der Waals surface area contributed by atoms with Gasteiger partial charge < -0.3 is 13.7 Å². The van der Waals surface area contributed by atoms with Crippen LogP contribution in [0.5, 0.6) is 0 Å². The van der Waals surface area contributed by atoms with Gasteiger partial charge in [0.05, 0.1) is 23.1 Å². The van der Waals surface area contributed by atoms with Crippen LogP contribution in [0.15, 0.2) is 52.1 Å². The van der Waals surface area contributed by atoms with Crippen molar-refractivity contribution in [3.8, 4) is 0 Å². The van der Waals surface area contributed by atoms with E-state index in [-0.39, 0.29) is 11.7 Å². The first-order valence-corrected chi connectivity index (χ1v) is 7.31. The lowest BCUT2D eigenvalue weighted by atomic mass is 10.3. The van der Waals surface area contributed by atoms with E-state index >= 15 is 0 Å². The second-order valence-corrected chi connectivity index (χ2v) is 5.40. The number of amides is 1. The van der Waals surface area contributed by atoms with Crippen LogP contribution in [0.4, 0.5) is 0 Å². The van der Waals surface area contributed by atoms with Crippen molar-refractivity contribution >= 4 is 27.5 Å². The molecule has 0 bridgehead atoms. The van der Waals surface area contributed by atoms with E-state index in [4.69, 9.17) is 9.15 Å². The molecule has 0 spiro atoms. The van der Waals surface area contributed by atoms with Crippen LogP contribution in [0.3, 0.4) is 0 Å². The molecule has 3 rings (SSSR count). The van der Waals surface area contributed by atoms with Crippen LogP contribution in [-0.4, -0.2) is 24.2 Å². The Labute approximate surface area is 125 Å². The predicted octanol–water partition coefficient (Wildman–Crippen LogP) is 2.68. The molecule has 1 aromatic carbocycles. The van der Waals surface area contributed by atoms with E-state index in [1.54, 1.807) is 19.2 Å². The maximum Gasteiger partial charge on any atom is 0.315 e. The summed E-state index contributed by atoms with van der Waals surface area (Å²) in [5, 5.41) is 0. The van der Waals surface area contributed by atoms with Crippen LogP contribution < -0.4 is 4.80 Å². The number of furan rings is 1. The molecule has 6 heteroatoms.